The summed E-state index contributed by atoms with van der Waals surface area (Å²) in [5.74, 6) is 0.312. The van der Waals surface area contributed by atoms with Crippen LogP contribution in [-0.2, 0) is 34.5 Å². The van der Waals surface area contributed by atoms with Gasteiger partial charge in [0, 0.05) is 89.0 Å². The lowest BCUT2D eigenvalue weighted by Gasteiger charge is -2.35. The number of unbranched alkanes of at least 4 members (excludes halogenated alkanes) is 2. The van der Waals surface area contributed by atoms with Crippen LogP contribution < -0.4 is 30.4 Å². The second-order valence-corrected chi connectivity index (χ2v) is 21.1. The van der Waals surface area contributed by atoms with Crippen LogP contribution in [0.5, 0.6) is 17.2 Å². The van der Waals surface area contributed by atoms with Crippen molar-refractivity contribution in [3.63, 3.8) is 0 Å². The summed E-state index contributed by atoms with van der Waals surface area (Å²) in [6.07, 6.45) is 7.30. The van der Waals surface area contributed by atoms with Gasteiger partial charge in [0.2, 0.25) is 11.8 Å². The molecule has 3 atom stereocenters. The van der Waals surface area contributed by atoms with Crippen molar-refractivity contribution < 1.29 is 38.1 Å². The normalized spacial score (nSPS) is 18.6. The first-order valence-corrected chi connectivity index (χ1v) is 25.4. The van der Waals surface area contributed by atoms with Gasteiger partial charge in [-0.3, -0.25) is 29.1 Å². The Balaban J connectivity index is 0.835. The summed E-state index contributed by atoms with van der Waals surface area (Å²) in [6.45, 7) is 13.1. The number of ether oxygens (including phenoxy) is 3. The zero-order valence-corrected chi connectivity index (χ0v) is 42.7. The summed E-state index contributed by atoms with van der Waals surface area (Å²) in [7, 11) is 5.09. The smallest absolute Gasteiger partial charge is 0.259 e. The number of alkyl halides is 1. The zero-order chi connectivity index (χ0) is 50.6. The second kappa shape index (κ2) is 21.8. The molecule has 1 saturated carbocycles. The van der Waals surface area contributed by atoms with Gasteiger partial charge in [0.05, 0.1) is 54.0 Å². The number of nitrogens with zero attached hydrogens (tertiary/aromatic N) is 6. The van der Waals surface area contributed by atoms with E-state index in [-0.39, 0.29) is 37.9 Å². The zero-order valence-electron chi connectivity index (χ0n) is 41.9. The number of pyridine rings is 2. The lowest BCUT2D eigenvalue weighted by atomic mass is 9.85. The van der Waals surface area contributed by atoms with Crippen LogP contribution in [0.25, 0.3) is 32.3 Å². The fourth-order valence-electron chi connectivity index (χ4n) is 9.60. The quantitative estimate of drug-likeness (QED) is 0.0820. The van der Waals surface area contributed by atoms with E-state index < -0.39 is 47.0 Å². The highest BCUT2D eigenvalue weighted by atomic mass is 32.1. The fraction of sp³-hybridized carbons (Fsp3) is 0.509. The number of piperazine rings is 1. The van der Waals surface area contributed by atoms with Crippen LogP contribution in [0.15, 0.2) is 65.3 Å². The molecule has 2 saturated heterocycles. The molecule has 0 unspecified atom stereocenters. The van der Waals surface area contributed by atoms with E-state index in [0.717, 1.165) is 107 Å². The summed E-state index contributed by atoms with van der Waals surface area (Å²) in [5, 5.41) is 17.6. The van der Waals surface area contributed by atoms with Gasteiger partial charge in [-0.05, 0) is 91.8 Å². The van der Waals surface area contributed by atoms with Gasteiger partial charge < -0.3 is 44.3 Å². The van der Waals surface area contributed by atoms with Crippen LogP contribution in [-0.4, -0.2) is 136 Å². The Bertz CT molecular complexity index is 2770. The average Bonchev–Trinajstić information content (AvgIpc) is 3.77. The van der Waals surface area contributed by atoms with Crippen molar-refractivity contribution >= 4 is 39.8 Å². The Labute approximate surface area is 418 Å². The summed E-state index contributed by atoms with van der Waals surface area (Å²) in [6, 6.07) is 9.74. The molecular formula is C53H67FN8O8S. The topological polar surface area (TPSA) is 181 Å². The van der Waals surface area contributed by atoms with Gasteiger partial charge in [-0.2, -0.15) is 0 Å². The molecule has 0 radical (unpaired) electrons. The predicted octanol–water partition coefficient (Wildman–Crippen LogP) is 6.03. The number of aromatic nitrogens is 3. The number of thiazole rings is 1. The molecule has 3 fully saturated rings. The van der Waals surface area contributed by atoms with E-state index in [1.807, 2.05) is 55.0 Å². The molecule has 0 bridgehead atoms. The van der Waals surface area contributed by atoms with E-state index in [9.17, 15) is 28.7 Å². The highest BCUT2D eigenvalue weighted by molar-refractivity contribution is 7.13. The molecule has 3 aliphatic rings. The molecule has 3 amide bonds. The minimum absolute atomic E-state index is 0.0371. The first kappa shape index (κ1) is 51.4. The SMILES string of the molecule is COc1cc(-c2cn(C)c(=O)c3cnccc23)cc(OC)c1CN1CCN(CCCCCOc2cc(-c3scnc3C)ccc2CNC(=O)[C@@H]2C[C@H](O)CN2C(=O)[C@@H](NC(=O)C2(F)CC2)C(C)(C)C)CC1. The minimum atomic E-state index is -1.97. The van der Waals surface area contributed by atoms with E-state index >= 15 is 0 Å². The number of rotatable bonds is 19. The number of aliphatic hydroxyl groups excluding tert-OH is 1. The Morgan fingerprint density at radius 1 is 0.958 bits per heavy atom. The third-order valence-corrected chi connectivity index (χ3v) is 15.0. The number of hydrogen-bond donors (Lipinski definition) is 3. The summed E-state index contributed by atoms with van der Waals surface area (Å²) < 4.78 is 34.6. The standard InChI is InChI=1S/C53H67FN8O8S/c1-33-46(71-32-57-33)34-11-12-35(27-56-48(64)42-26-37(63)29-62(42)50(66)47(52(2,3)4)58-51(67)53(54)14-15-53)43(23-34)70-22-10-8-9-17-60-18-20-61(21-19-60)31-41-44(68-6)24-36(25-45(41)69-7)40-30-59(5)49(65)39-28-55-16-13-38(39)40/h11-13,16,23-25,28,30,32,37,42,47,63H,8-10,14-15,17-22,26-27,29,31H2,1-7H3,(H,56,64)(H,58,67)/t37-,42-,47+/m0/s1. The summed E-state index contributed by atoms with van der Waals surface area (Å²) in [4.78, 5) is 69.3. The number of methoxy groups -OCH3 is 2. The number of nitrogens with one attached hydrogen (secondary N) is 2. The fourth-order valence-corrected chi connectivity index (χ4v) is 10.4. The molecule has 380 valence electrons. The number of aryl methyl sites for hydroxylation is 2. The highest BCUT2D eigenvalue weighted by Crippen LogP contribution is 2.41. The number of halogens is 1. The van der Waals surface area contributed by atoms with Crippen LogP contribution in [0.2, 0.25) is 0 Å². The molecule has 2 aromatic carbocycles. The van der Waals surface area contributed by atoms with Crippen LogP contribution in [0.4, 0.5) is 4.39 Å². The largest absolute Gasteiger partial charge is 0.496 e. The highest BCUT2D eigenvalue weighted by Gasteiger charge is 2.53. The van der Waals surface area contributed by atoms with E-state index in [2.05, 4.69) is 30.4 Å². The van der Waals surface area contributed by atoms with E-state index in [0.29, 0.717) is 24.3 Å². The number of benzene rings is 2. The number of hydrogen-bond acceptors (Lipinski definition) is 13. The van der Waals surface area contributed by atoms with Gasteiger partial charge in [-0.15, -0.1) is 11.3 Å². The number of aliphatic hydroxyl groups is 1. The van der Waals surface area contributed by atoms with Crippen molar-refractivity contribution in [3.8, 4) is 38.8 Å². The number of likely N-dealkylation sites (tertiary alicyclic amines) is 1. The van der Waals surface area contributed by atoms with Gasteiger partial charge >= 0.3 is 0 Å². The van der Waals surface area contributed by atoms with Crippen LogP contribution in [0.3, 0.4) is 0 Å². The van der Waals surface area contributed by atoms with Gasteiger partial charge in [0.15, 0.2) is 5.67 Å². The lowest BCUT2D eigenvalue weighted by Crippen LogP contribution is -2.59. The van der Waals surface area contributed by atoms with Crippen molar-refractivity contribution in [2.75, 3.05) is 60.1 Å². The van der Waals surface area contributed by atoms with Crippen molar-refractivity contribution in [3.05, 3.63) is 87.7 Å². The van der Waals surface area contributed by atoms with E-state index in [1.165, 1.54) is 4.90 Å². The second-order valence-electron chi connectivity index (χ2n) is 20.2. The predicted molar refractivity (Wildman–Crippen MR) is 271 cm³/mol. The maximum absolute atomic E-state index is 14.7. The summed E-state index contributed by atoms with van der Waals surface area (Å²) in [5.41, 5.74) is 4.36. The van der Waals surface area contributed by atoms with Crippen molar-refractivity contribution in [1.29, 1.82) is 0 Å². The third-order valence-electron chi connectivity index (χ3n) is 14.0. The van der Waals surface area contributed by atoms with Crippen LogP contribution >= 0.6 is 11.3 Å². The Morgan fingerprint density at radius 2 is 1.66 bits per heavy atom. The van der Waals surface area contributed by atoms with Crippen molar-refractivity contribution in [2.24, 2.45) is 12.5 Å². The molecule has 8 rings (SSSR count). The molecule has 2 aliphatic heterocycles. The molecule has 71 heavy (non-hydrogen) atoms. The third kappa shape index (κ3) is 11.7. The first-order valence-electron chi connectivity index (χ1n) is 24.5. The molecule has 1 aliphatic carbocycles. The number of β-amino-alcohol motifs (C(OH)–C–C–N with tert-alkyl or cyclic N) is 1. The molecule has 16 nitrogen and oxygen atoms in total. The van der Waals surface area contributed by atoms with Crippen LogP contribution in [0.1, 0.15) is 76.1 Å². The number of fused-ring (bicyclic) bond motifs is 1. The first-order chi connectivity index (χ1) is 34.0. The van der Waals surface area contributed by atoms with E-state index in [1.54, 1.807) is 70.3 Å². The molecule has 18 heteroatoms. The minimum Gasteiger partial charge on any atom is -0.496 e. The average molecular weight is 995 g/mol. The molecule has 5 aromatic rings. The van der Waals surface area contributed by atoms with Gasteiger partial charge in [0.1, 0.15) is 29.3 Å². The van der Waals surface area contributed by atoms with Crippen molar-refractivity contribution in [2.45, 2.75) is 103 Å². The van der Waals surface area contributed by atoms with Gasteiger partial charge in [-0.25, -0.2) is 9.37 Å². The maximum Gasteiger partial charge on any atom is 0.259 e. The number of carbonyl (C=O) groups is 3. The molecule has 3 N–H and O–H groups in total. The van der Waals surface area contributed by atoms with Gasteiger partial charge in [0.25, 0.3) is 11.5 Å². The monoisotopic (exact) mass is 994 g/mol. The molecule has 5 heterocycles. The molecular weight excluding hydrogens is 928 g/mol. The Kier molecular flexibility index (Phi) is 15.8. The molecule has 3 aromatic heterocycles. The number of amides is 3. The summed E-state index contributed by atoms with van der Waals surface area (Å²) >= 11 is 1.55. The number of carbonyl (C=O) groups excluding carboxylic acids is 3. The maximum atomic E-state index is 14.7. The molecule has 0 spiro atoms. The van der Waals surface area contributed by atoms with E-state index in [4.69, 9.17) is 14.2 Å². The Hall–Kier alpha value is -5.95. The van der Waals surface area contributed by atoms with Crippen LogP contribution in [0, 0.1) is 12.3 Å². The Morgan fingerprint density at radius 3 is 2.32 bits per heavy atom. The van der Waals surface area contributed by atoms with Crippen molar-refractivity contribution in [1.82, 2.24) is 39.9 Å². The lowest BCUT2D eigenvalue weighted by molar-refractivity contribution is -0.145. The van der Waals surface area contributed by atoms with Gasteiger partial charge in [-0.1, -0.05) is 32.9 Å².